The van der Waals surface area contributed by atoms with Crippen LogP contribution in [-0.4, -0.2) is 28.6 Å². The van der Waals surface area contributed by atoms with Gasteiger partial charge in [0.2, 0.25) is 5.95 Å². The van der Waals surface area contributed by atoms with Crippen LogP contribution in [0.25, 0.3) is 11.4 Å². The predicted octanol–water partition coefficient (Wildman–Crippen LogP) is 2.40. The second-order valence-corrected chi connectivity index (χ2v) is 3.75. The summed E-state index contributed by atoms with van der Waals surface area (Å²) < 4.78 is 44.7. The van der Waals surface area contributed by atoms with Crippen LogP contribution in [0.1, 0.15) is 6.92 Å². The van der Waals surface area contributed by atoms with Gasteiger partial charge >= 0.3 is 6.01 Å². The van der Waals surface area contributed by atoms with Crippen molar-refractivity contribution >= 4 is 5.95 Å². The summed E-state index contributed by atoms with van der Waals surface area (Å²) in [6, 6.07) is 1.07. The monoisotopic (exact) mass is 284 g/mol. The number of halogens is 3. The molecule has 0 unspecified atom stereocenters. The van der Waals surface area contributed by atoms with Gasteiger partial charge in [-0.25, -0.2) is 13.2 Å². The molecule has 0 saturated heterocycles. The lowest BCUT2D eigenvalue weighted by Crippen LogP contribution is -2.07. The standard InChI is InChI=1S/C12H11F3N4O/c1-3-16-11-17-10(18-12(19-11)20-2)6-4-8(14)9(15)5-7(6)13/h4-5H,3H2,1-2H3,(H,16,17,18,19). The van der Waals surface area contributed by atoms with Crippen molar-refractivity contribution in [2.24, 2.45) is 0 Å². The SMILES string of the molecule is CCNc1nc(OC)nc(-c2cc(F)c(F)cc2F)n1. The van der Waals surface area contributed by atoms with Crippen molar-refractivity contribution in [2.45, 2.75) is 6.92 Å². The first-order chi connectivity index (χ1) is 9.55. The van der Waals surface area contributed by atoms with Gasteiger partial charge in [0.05, 0.1) is 12.7 Å². The fourth-order valence-corrected chi connectivity index (χ4v) is 1.50. The summed E-state index contributed by atoms with van der Waals surface area (Å²) in [4.78, 5) is 11.6. The molecule has 1 N–H and O–H groups in total. The molecule has 0 bridgehead atoms. The van der Waals surface area contributed by atoms with E-state index in [0.29, 0.717) is 18.7 Å². The highest BCUT2D eigenvalue weighted by Gasteiger charge is 2.16. The van der Waals surface area contributed by atoms with Crippen molar-refractivity contribution in [3.05, 3.63) is 29.6 Å². The van der Waals surface area contributed by atoms with E-state index in [4.69, 9.17) is 4.74 Å². The van der Waals surface area contributed by atoms with Gasteiger partial charge in [0.1, 0.15) is 5.82 Å². The van der Waals surface area contributed by atoms with Crippen LogP contribution in [0.4, 0.5) is 19.1 Å². The number of aromatic nitrogens is 3. The summed E-state index contributed by atoms with van der Waals surface area (Å²) in [5, 5.41) is 2.81. The summed E-state index contributed by atoms with van der Waals surface area (Å²) in [6.45, 7) is 2.33. The van der Waals surface area contributed by atoms with Gasteiger partial charge in [0.15, 0.2) is 17.5 Å². The van der Waals surface area contributed by atoms with Crippen molar-refractivity contribution in [1.29, 1.82) is 0 Å². The first kappa shape index (κ1) is 14.0. The van der Waals surface area contributed by atoms with Gasteiger partial charge in [-0.05, 0) is 13.0 Å². The van der Waals surface area contributed by atoms with E-state index in [9.17, 15) is 13.2 Å². The smallest absolute Gasteiger partial charge is 0.321 e. The fourth-order valence-electron chi connectivity index (χ4n) is 1.50. The zero-order chi connectivity index (χ0) is 14.7. The molecule has 0 aliphatic rings. The molecule has 1 aromatic carbocycles. The van der Waals surface area contributed by atoms with E-state index in [1.165, 1.54) is 7.11 Å². The van der Waals surface area contributed by atoms with Crippen molar-refractivity contribution in [3.8, 4) is 17.4 Å². The molecule has 5 nitrogen and oxygen atoms in total. The highest BCUT2D eigenvalue weighted by atomic mass is 19.2. The lowest BCUT2D eigenvalue weighted by molar-refractivity contribution is 0.379. The third-order valence-electron chi connectivity index (χ3n) is 2.38. The van der Waals surface area contributed by atoms with Gasteiger partial charge in [-0.1, -0.05) is 0 Å². The zero-order valence-electron chi connectivity index (χ0n) is 10.7. The second kappa shape index (κ2) is 5.72. The number of ether oxygens (including phenoxy) is 1. The molecular weight excluding hydrogens is 273 g/mol. The second-order valence-electron chi connectivity index (χ2n) is 3.75. The van der Waals surface area contributed by atoms with Crippen LogP contribution in [0.5, 0.6) is 6.01 Å². The van der Waals surface area contributed by atoms with Crippen LogP contribution in [-0.2, 0) is 0 Å². The van der Waals surface area contributed by atoms with Crippen LogP contribution in [0.2, 0.25) is 0 Å². The van der Waals surface area contributed by atoms with Crippen LogP contribution >= 0.6 is 0 Å². The van der Waals surface area contributed by atoms with E-state index in [1.807, 2.05) is 6.92 Å². The highest BCUT2D eigenvalue weighted by molar-refractivity contribution is 5.57. The van der Waals surface area contributed by atoms with E-state index in [1.54, 1.807) is 0 Å². The van der Waals surface area contributed by atoms with Gasteiger partial charge < -0.3 is 10.1 Å². The van der Waals surface area contributed by atoms with Gasteiger partial charge in [0.25, 0.3) is 0 Å². The molecule has 0 aliphatic carbocycles. The third-order valence-corrected chi connectivity index (χ3v) is 2.38. The van der Waals surface area contributed by atoms with Crippen molar-refractivity contribution < 1.29 is 17.9 Å². The predicted molar refractivity (Wildman–Crippen MR) is 65.9 cm³/mol. The normalized spacial score (nSPS) is 10.4. The summed E-state index contributed by atoms with van der Waals surface area (Å²) in [6.07, 6.45) is 0. The maximum Gasteiger partial charge on any atom is 0.321 e. The number of hydrogen-bond donors (Lipinski definition) is 1. The molecule has 106 valence electrons. The Kier molecular flexibility index (Phi) is 4.02. The molecule has 0 amide bonds. The molecule has 0 fully saturated rings. The Morgan fingerprint density at radius 3 is 2.40 bits per heavy atom. The Labute approximate surface area is 112 Å². The van der Waals surface area contributed by atoms with E-state index in [-0.39, 0.29) is 23.3 Å². The highest BCUT2D eigenvalue weighted by Crippen LogP contribution is 2.24. The van der Waals surface area contributed by atoms with Gasteiger partial charge in [0, 0.05) is 12.6 Å². The van der Waals surface area contributed by atoms with Crippen LogP contribution in [0.3, 0.4) is 0 Å². The van der Waals surface area contributed by atoms with Gasteiger partial charge in [-0.15, -0.1) is 0 Å². The minimum Gasteiger partial charge on any atom is -0.467 e. The molecule has 1 aromatic heterocycles. The van der Waals surface area contributed by atoms with E-state index in [0.717, 1.165) is 0 Å². The molecule has 0 spiro atoms. The quantitative estimate of drug-likeness (QED) is 0.874. The molecule has 1 heterocycles. The Balaban J connectivity index is 2.56. The number of rotatable bonds is 4. The molecular formula is C12H11F3N4O. The number of methoxy groups -OCH3 is 1. The first-order valence-electron chi connectivity index (χ1n) is 5.74. The maximum absolute atomic E-state index is 13.7. The molecule has 0 atom stereocenters. The Morgan fingerprint density at radius 1 is 1.05 bits per heavy atom. The summed E-state index contributed by atoms with van der Waals surface area (Å²) in [7, 11) is 1.33. The number of hydrogen-bond acceptors (Lipinski definition) is 5. The average molecular weight is 284 g/mol. The minimum absolute atomic E-state index is 0.0601. The maximum atomic E-state index is 13.7. The molecule has 20 heavy (non-hydrogen) atoms. The summed E-state index contributed by atoms with van der Waals surface area (Å²) in [5.74, 6) is -3.44. The van der Waals surface area contributed by atoms with Crippen molar-refractivity contribution in [1.82, 2.24) is 15.0 Å². The van der Waals surface area contributed by atoms with E-state index >= 15 is 0 Å². The van der Waals surface area contributed by atoms with E-state index in [2.05, 4.69) is 20.3 Å². The average Bonchev–Trinajstić information content (AvgIpc) is 2.42. The van der Waals surface area contributed by atoms with Crippen LogP contribution in [0, 0.1) is 17.5 Å². The van der Waals surface area contributed by atoms with Crippen LogP contribution in [0.15, 0.2) is 12.1 Å². The van der Waals surface area contributed by atoms with Crippen LogP contribution < -0.4 is 10.1 Å². The number of anilines is 1. The number of nitrogens with one attached hydrogen (secondary N) is 1. The first-order valence-corrected chi connectivity index (χ1v) is 5.74. The molecule has 2 rings (SSSR count). The summed E-state index contributed by atoms with van der Waals surface area (Å²) >= 11 is 0. The van der Waals surface area contributed by atoms with Gasteiger partial charge in [-0.2, -0.15) is 15.0 Å². The largest absolute Gasteiger partial charge is 0.467 e. The topological polar surface area (TPSA) is 59.9 Å². The molecule has 2 aromatic rings. The number of nitrogens with zero attached hydrogens (tertiary/aromatic N) is 3. The van der Waals surface area contributed by atoms with Gasteiger partial charge in [-0.3, -0.25) is 0 Å². The Hall–Kier alpha value is -2.38. The molecule has 0 saturated carbocycles. The molecule has 8 heteroatoms. The lowest BCUT2D eigenvalue weighted by Gasteiger charge is -2.08. The fraction of sp³-hybridized carbons (Fsp3) is 0.250. The zero-order valence-corrected chi connectivity index (χ0v) is 10.7. The molecule has 0 radical (unpaired) electrons. The number of benzene rings is 1. The third kappa shape index (κ3) is 2.79. The minimum atomic E-state index is -1.28. The summed E-state index contributed by atoms with van der Waals surface area (Å²) in [5.41, 5.74) is -0.274. The lowest BCUT2D eigenvalue weighted by atomic mass is 10.2. The van der Waals surface area contributed by atoms with Crippen molar-refractivity contribution in [2.75, 3.05) is 19.0 Å². The Bertz CT molecular complexity index is 636. The van der Waals surface area contributed by atoms with E-state index < -0.39 is 17.5 Å². The van der Waals surface area contributed by atoms with Crippen molar-refractivity contribution in [3.63, 3.8) is 0 Å². The Morgan fingerprint density at radius 2 is 1.75 bits per heavy atom. The molecule has 0 aliphatic heterocycles.